The summed E-state index contributed by atoms with van der Waals surface area (Å²) in [6, 6.07) is 0. The molecule has 23 heavy (non-hydrogen) atoms. The van der Waals surface area contributed by atoms with Gasteiger partial charge in [0.05, 0.1) is 0 Å². The smallest absolute Gasteiger partial charge is 0.0417 e. The standard InChI is InChI=1S/C23H47/c1-4-7-8-9-10-11-12-13-14-15-16-17-18-19-20-21-22-23(5-2)6-3/h23H,2,4-22H2,1,3H3. The van der Waals surface area contributed by atoms with Crippen molar-refractivity contribution in [1.82, 2.24) is 0 Å². The van der Waals surface area contributed by atoms with Gasteiger partial charge in [-0.1, -0.05) is 143 Å². The second-order valence-electron chi connectivity index (χ2n) is 7.65. The third-order valence-electron chi connectivity index (χ3n) is 5.45. The maximum Gasteiger partial charge on any atom is -0.0417 e. The molecule has 0 N–H and O–H groups in total. The maximum atomic E-state index is 4.05. The SMILES string of the molecule is [CH2]CC(CC)CCCCCCCCCCCCCCCCCC. The zero-order valence-electron chi connectivity index (χ0n) is 16.7. The van der Waals surface area contributed by atoms with Crippen molar-refractivity contribution < 1.29 is 0 Å². The molecule has 139 valence electrons. The molecule has 0 aromatic carbocycles. The van der Waals surface area contributed by atoms with Crippen LogP contribution in [0.25, 0.3) is 0 Å². The van der Waals surface area contributed by atoms with Crippen molar-refractivity contribution in [2.45, 2.75) is 136 Å². The van der Waals surface area contributed by atoms with Crippen LogP contribution in [0.4, 0.5) is 0 Å². The second kappa shape index (κ2) is 20.0. The van der Waals surface area contributed by atoms with Crippen LogP contribution in [0.3, 0.4) is 0 Å². The highest BCUT2D eigenvalue weighted by Crippen LogP contribution is 2.18. The highest BCUT2D eigenvalue weighted by molar-refractivity contribution is 4.59. The predicted molar refractivity (Wildman–Crippen MR) is 108 cm³/mol. The number of hydrogen-bond donors (Lipinski definition) is 0. The van der Waals surface area contributed by atoms with Gasteiger partial charge in [0.2, 0.25) is 0 Å². The fourth-order valence-corrected chi connectivity index (χ4v) is 3.53. The molecule has 0 aromatic rings. The average molecular weight is 324 g/mol. The van der Waals surface area contributed by atoms with E-state index in [9.17, 15) is 0 Å². The molecule has 1 radical (unpaired) electrons. The summed E-state index contributed by atoms with van der Waals surface area (Å²) in [5.41, 5.74) is 0. The Morgan fingerprint density at radius 2 is 0.870 bits per heavy atom. The molecule has 0 saturated carbocycles. The molecule has 0 heterocycles. The first-order valence-electron chi connectivity index (χ1n) is 11.1. The van der Waals surface area contributed by atoms with Crippen molar-refractivity contribution >= 4 is 0 Å². The van der Waals surface area contributed by atoms with Gasteiger partial charge in [0.1, 0.15) is 0 Å². The van der Waals surface area contributed by atoms with Crippen LogP contribution >= 0.6 is 0 Å². The number of unbranched alkanes of at least 4 members (excludes halogenated alkanes) is 15. The van der Waals surface area contributed by atoms with Crippen LogP contribution in [0, 0.1) is 12.8 Å². The Morgan fingerprint density at radius 3 is 1.17 bits per heavy atom. The van der Waals surface area contributed by atoms with E-state index in [2.05, 4.69) is 20.8 Å². The summed E-state index contributed by atoms with van der Waals surface area (Å²) >= 11 is 0. The summed E-state index contributed by atoms with van der Waals surface area (Å²) in [4.78, 5) is 0. The lowest BCUT2D eigenvalue weighted by Gasteiger charge is -2.11. The van der Waals surface area contributed by atoms with Crippen molar-refractivity contribution in [3.8, 4) is 0 Å². The summed E-state index contributed by atoms with van der Waals surface area (Å²) < 4.78 is 0. The summed E-state index contributed by atoms with van der Waals surface area (Å²) in [7, 11) is 0. The van der Waals surface area contributed by atoms with Crippen molar-refractivity contribution in [2.24, 2.45) is 5.92 Å². The minimum atomic E-state index is 0.890. The summed E-state index contributed by atoms with van der Waals surface area (Å²) in [5, 5.41) is 0. The minimum absolute atomic E-state index is 0.890. The van der Waals surface area contributed by atoms with Gasteiger partial charge in [-0.15, -0.1) is 0 Å². The van der Waals surface area contributed by atoms with Gasteiger partial charge in [-0.25, -0.2) is 0 Å². The Morgan fingerprint density at radius 1 is 0.522 bits per heavy atom. The molecule has 0 aliphatic rings. The fourth-order valence-electron chi connectivity index (χ4n) is 3.53. The highest BCUT2D eigenvalue weighted by Gasteiger charge is 2.02. The lowest BCUT2D eigenvalue weighted by molar-refractivity contribution is 0.440. The first-order valence-corrected chi connectivity index (χ1v) is 11.1. The molecule has 0 rings (SSSR count). The van der Waals surface area contributed by atoms with Crippen LogP contribution in [0.15, 0.2) is 0 Å². The molecule has 0 aliphatic carbocycles. The molecule has 0 heteroatoms. The third kappa shape index (κ3) is 18.2. The minimum Gasteiger partial charge on any atom is -0.0654 e. The van der Waals surface area contributed by atoms with Crippen LogP contribution < -0.4 is 0 Å². The van der Waals surface area contributed by atoms with Crippen molar-refractivity contribution in [3.63, 3.8) is 0 Å². The molecule has 1 unspecified atom stereocenters. The van der Waals surface area contributed by atoms with Crippen LogP contribution in [0.5, 0.6) is 0 Å². The van der Waals surface area contributed by atoms with Crippen molar-refractivity contribution in [3.05, 3.63) is 6.92 Å². The van der Waals surface area contributed by atoms with E-state index < -0.39 is 0 Å². The molecule has 0 aliphatic heterocycles. The van der Waals surface area contributed by atoms with E-state index in [4.69, 9.17) is 0 Å². The van der Waals surface area contributed by atoms with E-state index in [0.717, 1.165) is 12.3 Å². The predicted octanol–water partition coefficient (Wildman–Crippen LogP) is 8.89. The van der Waals surface area contributed by atoms with Gasteiger partial charge >= 0.3 is 0 Å². The molecule has 1 atom stereocenters. The summed E-state index contributed by atoms with van der Waals surface area (Å²) in [6.45, 7) is 8.65. The van der Waals surface area contributed by atoms with Gasteiger partial charge in [0.15, 0.2) is 0 Å². The molecule has 0 fully saturated rings. The largest absolute Gasteiger partial charge is 0.0654 e. The third-order valence-corrected chi connectivity index (χ3v) is 5.45. The second-order valence-corrected chi connectivity index (χ2v) is 7.65. The van der Waals surface area contributed by atoms with Gasteiger partial charge in [0, 0.05) is 0 Å². The van der Waals surface area contributed by atoms with Gasteiger partial charge in [0.25, 0.3) is 0 Å². The molecule has 0 aromatic heterocycles. The molecule has 0 amide bonds. The van der Waals surface area contributed by atoms with E-state index in [0.29, 0.717) is 0 Å². The zero-order valence-corrected chi connectivity index (χ0v) is 16.7. The van der Waals surface area contributed by atoms with Crippen molar-refractivity contribution in [1.29, 1.82) is 0 Å². The number of hydrogen-bond acceptors (Lipinski definition) is 0. The molecular weight excluding hydrogens is 276 g/mol. The summed E-state index contributed by atoms with van der Waals surface area (Å²) in [6.07, 6.45) is 27.3. The summed E-state index contributed by atoms with van der Waals surface area (Å²) in [5.74, 6) is 0.890. The quantitative estimate of drug-likeness (QED) is 0.208. The highest BCUT2D eigenvalue weighted by atomic mass is 14.1. The van der Waals surface area contributed by atoms with Crippen LogP contribution in [-0.4, -0.2) is 0 Å². The first-order chi connectivity index (χ1) is 11.3. The van der Waals surface area contributed by atoms with Gasteiger partial charge in [-0.3, -0.25) is 0 Å². The normalized spacial score (nSPS) is 11.5. The van der Waals surface area contributed by atoms with Gasteiger partial charge in [-0.05, 0) is 5.92 Å². The Kier molecular flexibility index (Phi) is 20.0. The van der Waals surface area contributed by atoms with E-state index >= 15 is 0 Å². The van der Waals surface area contributed by atoms with E-state index in [-0.39, 0.29) is 0 Å². The Balaban J connectivity index is 3.02. The molecule has 0 saturated heterocycles. The topological polar surface area (TPSA) is 0 Å². The van der Waals surface area contributed by atoms with Gasteiger partial charge < -0.3 is 0 Å². The lowest BCUT2D eigenvalue weighted by Crippen LogP contribution is -1.96. The van der Waals surface area contributed by atoms with E-state index in [1.54, 1.807) is 0 Å². The first kappa shape index (κ1) is 23.0. The maximum absolute atomic E-state index is 4.05. The number of rotatable bonds is 19. The van der Waals surface area contributed by atoms with Gasteiger partial charge in [-0.2, -0.15) is 0 Å². The molecule has 0 nitrogen and oxygen atoms in total. The monoisotopic (exact) mass is 323 g/mol. The average Bonchev–Trinajstić information content (AvgIpc) is 2.58. The van der Waals surface area contributed by atoms with Crippen LogP contribution in [0.2, 0.25) is 0 Å². The van der Waals surface area contributed by atoms with Crippen LogP contribution in [0.1, 0.15) is 136 Å². The Bertz CT molecular complexity index is 192. The molecule has 0 spiro atoms. The van der Waals surface area contributed by atoms with E-state index in [1.807, 2.05) is 0 Å². The fraction of sp³-hybridized carbons (Fsp3) is 0.957. The van der Waals surface area contributed by atoms with Crippen molar-refractivity contribution in [2.75, 3.05) is 0 Å². The van der Waals surface area contributed by atoms with Crippen LogP contribution in [-0.2, 0) is 0 Å². The molecular formula is C23H47. The zero-order chi connectivity index (χ0) is 17.0. The molecule has 0 bridgehead atoms. The lowest BCUT2D eigenvalue weighted by atomic mass is 9.95. The Labute approximate surface area is 149 Å². The van der Waals surface area contributed by atoms with E-state index in [1.165, 1.54) is 116 Å². The Hall–Kier alpha value is 0.